The van der Waals surface area contributed by atoms with Gasteiger partial charge in [-0.3, -0.25) is 4.79 Å². The Labute approximate surface area is 164 Å². The summed E-state index contributed by atoms with van der Waals surface area (Å²) >= 11 is 6.83. The number of carbonyl (C=O) groups excluding carboxylic acids is 1. The molecule has 2 aromatic carbocycles. The van der Waals surface area contributed by atoms with E-state index in [1.54, 1.807) is 14.0 Å². The third-order valence-corrected chi connectivity index (χ3v) is 4.58. The second-order valence-corrected chi connectivity index (χ2v) is 7.05. The van der Waals surface area contributed by atoms with Crippen molar-refractivity contribution in [2.45, 2.75) is 19.9 Å². The first-order valence-corrected chi connectivity index (χ1v) is 9.36. The minimum absolute atomic E-state index is 0.143. The number of nitrogens with one attached hydrogen (secondary N) is 2. The van der Waals surface area contributed by atoms with Crippen LogP contribution in [0.25, 0.3) is 0 Å². The van der Waals surface area contributed by atoms with Crippen molar-refractivity contribution < 1.29 is 14.3 Å². The zero-order valence-electron chi connectivity index (χ0n) is 14.2. The summed E-state index contributed by atoms with van der Waals surface area (Å²) in [6.45, 7) is 4.27. The molecule has 7 heteroatoms. The zero-order chi connectivity index (χ0) is 18.4. The number of ether oxygens (including phenoxy) is 2. The van der Waals surface area contributed by atoms with Gasteiger partial charge in [-0.05, 0) is 60.1 Å². The van der Waals surface area contributed by atoms with Gasteiger partial charge in [0.15, 0.2) is 11.5 Å². The van der Waals surface area contributed by atoms with Crippen LogP contribution in [0.4, 0.5) is 11.4 Å². The smallest absolute Gasteiger partial charge is 0.246 e. The lowest BCUT2D eigenvalue weighted by Gasteiger charge is -2.17. The van der Waals surface area contributed by atoms with Crippen molar-refractivity contribution in [3.8, 4) is 11.5 Å². The first-order chi connectivity index (χ1) is 11.9. The Balaban J connectivity index is 2.05. The van der Waals surface area contributed by atoms with Crippen LogP contribution in [0.2, 0.25) is 0 Å². The molecule has 0 aliphatic carbocycles. The Morgan fingerprint density at radius 2 is 1.92 bits per heavy atom. The molecule has 25 heavy (non-hydrogen) atoms. The van der Waals surface area contributed by atoms with Gasteiger partial charge in [0, 0.05) is 20.7 Å². The van der Waals surface area contributed by atoms with Gasteiger partial charge in [0.2, 0.25) is 5.91 Å². The highest BCUT2D eigenvalue weighted by Crippen LogP contribution is 2.30. The lowest BCUT2D eigenvalue weighted by atomic mass is 10.2. The summed E-state index contributed by atoms with van der Waals surface area (Å²) in [6, 6.07) is 10.6. The van der Waals surface area contributed by atoms with Crippen LogP contribution in [-0.4, -0.2) is 25.7 Å². The van der Waals surface area contributed by atoms with Crippen molar-refractivity contribution in [1.82, 2.24) is 0 Å². The van der Waals surface area contributed by atoms with Crippen LogP contribution in [0.3, 0.4) is 0 Å². The van der Waals surface area contributed by atoms with Gasteiger partial charge < -0.3 is 20.1 Å². The molecule has 0 aliphatic heterocycles. The molecular formula is C18H20Br2N2O3. The standard InChI is InChI=1S/C18H20Br2N2O3/c1-4-25-16-8-6-13(10-17(16)24-3)21-11(2)18(23)22-15-7-5-12(19)9-14(15)20/h5-11,21H,4H2,1-3H3,(H,22,23)/t11-/m0/s1. The average molecular weight is 472 g/mol. The van der Waals surface area contributed by atoms with Crippen molar-refractivity contribution in [2.75, 3.05) is 24.4 Å². The van der Waals surface area contributed by atoms with E-state index >= 15 is 0 Å². The van der Waals surface area contributed by atoms with E-state index in [-0.39, 0.29) is 5.91 Å². The number of methoxy groups -OCH3 is 1. The van der Waals surface area contributed by atoms with Gasteiger partial charge in [0.1, 0.15) is 6.04 Å². The highest BCUT2D eigenvalue weighted by atomic mass is 79.9. The highest BCUT2D eigenvalue weighted by Gasteiger charge is 2.15. The van der Waals surface area contributed by atoms with Crippen molar-refractivity contribution >= 4 is 49.1 Å². The number of benzene rings is 2. The summed E-state index contributed by atoms with van der Waals surface area (Å²) in [6.07, 6.45) is 0. The van der Waals surface area contributed by atoms with E-state index in [9.17, 15) is 4.79 Å². The molecule has 0 saturated carbocycles. The topological polar surface area (TPSA) is 59.6 Å². The molecule has 134 valence electrons. The largest absolute Gasteiger partial charge is 0.493 e. The Kier molecular flexibility index (Phi) is 7.13. The molecule has 2 N–H and O–H groups in total. The molecule has 0 aliphatic rings. The number of anilines is 2. The maximum Gasteiger partial charge on any atom is 0.246 e. The summed E-state index contributed by atoms with van der Waals surface area (Å²) in [5.74, 6) is 1.15. The third kappa shape index (κ3) is 5.37. The monoisotopic (exact) mass is 470 g/mol. The summed E-state index contributed by atoms with van der Waals surface area (Å²) in [5, 5.41) is 6.06. The van der Waals surface area contributed by atoms with Gasteiger partial charge in [-0.2, -0.15) is 0 Å². The lowest BCUT2D eigenvalue weighted by Crippen LogP contribution is -2.32. The molecule has 1 amide bonds. The van der Waals surface area contributed by atoms with Crippen molar-refractivity contribution in [3.63, 3.8) is 0 Å². The van der Waals surface area contributed by atoms with Crippen LogP contribution >= 0.6 is 31.9 Å². The second-order valence-electron chi connectivity index (χ2n) is 5.28. The van der Waals surface area contributed by atoms with Crippen LogP contribution in [-0.2, 0) is 4.79 Å². The zero-order valence-corrected chi connectivity index (χ0v) is 17.4. The van der Waals surface area contributed by atoms with Crippen LogP contribution < -0.4 is 20.1 Å². The van der Waals surface area contributed by atoms with Gasteiger partial charge in [0.25, 0.3) is 0 Å². The summed E-state index contributed by atoms with van der Waals surface area (Å²) in [7, 11) is 1.59. The van der Waals surface area contributed by atoms with Crippen LogP contribution in [0.5, 0.6) is 11.5 Å². The van der Waals surface area contributed by atoms with Crippen molar-refractivity contribution in [1.29, 1.82) is 0 Å². The molecule has 0 saturated heterocycles. The molecule has 0 spiro atoms. The van der Waals surface area contributed by atoms with Crippen LogP contribution in [0.15, 0.2) is 45.3 Å². The quantitative estimate of drug-likeness (QED) is 0.592. The molecule has 2 rings (SSSR count). The molecule has 1 atom stereocenters. The Morgan fingerprint density at radius 3 is 2.56 bits per heavy atom. The van der Waals surface area contributed by atoms with E-state index in [1.807, 2.05) is 43.3 Å². The number of amides is 1. The minimum atomic E-state index is -0.432. The average Bonchev–Trinajstić information content (AvgIpc) is 2.58. The van der Waals surface area contributed by atoms with Crippen molar-refractivity contribution in [2.24, 2.45) is 0 Å². The SMILES string of the molecule is CCOc1ccc(N[C@@H](C)C(=O)Nc2ccc(Br)cc2Br)cc1OC. The Hall–Kier alpha value is -1.73. The molecule has 0 fully saturated rings. The van der Waals surface area contributed by atoms with Gasteiger partial charge in [-0.25, -0.2) is 0 Å². The molecule has 2 aromatic rings. The summed E-state index contributed by atoms with van der Waals surface area (Å²) in [5.41, 5.74) is 1.49. The van der Waals surface area contributed by atoms with Crippen molar-refractivity contribution in [3.05, 3.63) is 45.3 Å². The molecule has 0 unspecified atom stereocenters. The normalized spacial score (nSPS) is 11.6. The molecular weight excluding hydrogens is 452 g/mol. The minimum Gasteiger partial charge on any atom is -0.493 e. The first-order valence-electron chi connectivity index (χ1n) is 7.78. The fraction of sp³-hybridized carbons (Fsp3) is 0.278. The first kappa shape index (κ1) is 19.6. The highest BCUT2D eigenvalue weighted by molar-refractivity contribution is 9.11. The van der Waals surface area contributed by atoms with Gasteiger partial charge in [-0.1, -0.05) is 15.9 Å². The number of carbonyl (C=O) groups is 1. The van der Waals surface area contributed by atoms with E-state index in [4.69, 9.17) is 9.47 Å². The molecule has 5 nitrogen and oxygen atoms in total. The van der Waals surface area contributed by atoms with Crippen LogP contribution in [0, 0.1) is 0 Å². The molecule has 0 aromatic heterocycles. The maximum absolute atomic E-state index is 12.4. The number of halogens is 2. The lowest BCUT2D eigenvalue weighted by molar-refractivity contribution is -0.116. The second kappa shape index (κ2) is 9.10. The maximum atomic E-state index is 12.4. The third-order valence-electron chi connectivity index (χ3n) is 3.43. The molecule has 0 heterocycles. The van der Waals surface area contributed by atoms with Crippen LogP contribution in [0.1, 0.15) is 13.8 Å². The summed E-state index contributed by atoms with van der Waals surface area (Å²) < 4.78 is 12.6. The van der Waals surface area contributed by atoms with E-state index < -0.39 is 6.04 Å². The molecule has 0 radical (unpaired) electrons. The van der Waals surface area contributed by atoms with Gasteiger partial charge >= 0.3 is 0 Å². The predicted molar refractivity (Wildman–Crippen MR) is 108 cm³/mol. The molecule has 0 bridgehead atoms. The van der Waals surface area contributed by atoms with E-state index in [0.717, 1.165) is 14.6 Å². The van der Waals surface area contributed by atoms with E-state index in [2.05, 4.69) is 42.5 Å². The summed E-state index contributed by atoms with van der Waals surface area (Å²) in [4.78, 5) is 12.4. The fourth-order valence-electron chi connectivity index (χ4n) is 2.18. The Bertz CT molecular complexity index is 753. The van der Waals surface area contributed by atoms with E-state index in [1.165, 1.54) is 0 Å². The van der Waals surface area contributed by atoms with Gasteiger partial charge in [0.05, 0.1) is 19.4 Å². The van der Waals surface area contributed by atoms with E-state index in [0.29, 0.717) is 23.8 Å². The number of hydrogen-bond donors (Lipinski definition) is 2. The predicted octanol–water partition coefficient (Wildman–Crippen LogP) is 5.06. The number of hydrogen-bond acceptors (Lipinski definition) is 4. The Morgan fingerprint density at radius 1 is 1.16 bits per heavy atom. The number of rotatable bonds is 7. The van der Waals surface area contributed by atoms with Gasteiger partial charge in [-0.15, -0.1) is 0 Å². The fourth-order valence-corrected chi connectivity index (χ4v) is 3.33.